The lowest BCUT2D eigenvalue weighted by atomic mass is 9.98. The van der Waals surface area contributed by atoms with Crippen molar-refractivity contribution in [2.45, 2.75) is 52.9 Å². The average Bonchev–Trinajstić information content (AvgIpc) is 2.42. The summed E-state index contributed by atoms with van der Waals surface area (Å²) < 4.78 is 5.52. The molecule has 2 rings (SSSR count). The molecule has 1 aromatic carbocycles. The number of hydrogen-bond donors (Lipinski definition) is 1. The van der Waals surface area contributed by atoms with Crippen LogP contribution in [0.15, 0.2) is 21.3 Å². The van der Waals surface area contributed by atoms with Crippen LogP contribution in [-0.2, 0) is 12.8 Å². The van der Waals surface area contributed by atoms with Gasteiger partial charge in [0.15, 0.2) is 0 Å². The largest absolute Gasteiger partial charge is 0.508 e. The quantitative estimate of drug-likeness (QED) is 0.835. The molecule has 2 aromatic rings. The van der Waals surface area contributed by atoms with Crippen molar-refractivity contribution in [1.82, 2.24) is 0 Å². The lowest BCUT2D eigenvalue weighted by Crippen LogP contribution is -2.11. The van der Waals surface area contributed by atoms with E-state index in [1.807, 2.05) is 19.9 Å². The number of benzene rings is 1. The average molecular weight is 274 g/mol. The Morgan fingerprint density at radius 2 is 1.85 bits per heavy atom. The van der Waals surface area contributed by atoms with Gasteiger partial charge in [-0.05, 0) is 43.9 Å². The molecule has 0 aliphatic rings. The maximum atomic E-state index is 12.2. The Labute approximate surface area is 119 Å². The highest BCUT2D eigenvalue weighted by molar-refractivity contribution is 5.85. The van der Waals surface area contributed by atoms with Crippen molar-refractivity contribution in [3.8, 4) is 5.75 Å². The van der Waals surface area contributed by atoms with Crippen molar-refractivity contribution in [1.29, 1.82) is 0 Å². The van der Waals surface area contributed by atoms with Crippen LogP contribution in [0.25, 0.3) is 11.0 Å². The van der Waals surface area contributed by atoms with Gasteiger partial charge in [-0.25, -0.2) is 4.79 Å². The van der Waals surface area contributed by atoms with E-state index in [4.69, 9.17) is 4.42 Å². The van der Waals surface area contributed by atoms with Crippen LogP contribution in [0, 0.1) is 6.92 Å². The predicted molar refractivity (Wildman–Crippen MR) is 81.5 cm³/mol. The topological polar surface area (TPSA) is 50.4 Å². The molecule has 3 nitrogen and oxygen atoms in total. The summed E-state index contributed by atoms with van der Waals surface area (Å²) in [6.45, 7) is 6.12. The third kappa shape index (κ3) is 2.58. The molecule has 0 atom stereocenters. The van der Waals surface area contributed by atoms with Crippen LogP contribution in [0.1, 0.15) is 49.8 Å². The van der Waals surface area contributed by atoms with Gasteiger partial charge in [0, 0.05) is 16.5 Å². The number of aryl methyl sites for hydroxylation is 2. The van der Waals surface area contributed by atoms with Gasteiger partial charge in [-0.2, -0.15) is 0 Å². The molecular weight excluding hydrogens is 252 g/mol. The molecule has 0 amide bonds. The zero-order chi connectivity index (χ0) is 14.7. The van der Waals surface area contributed by atoms with E-state index >= 15 is 0 Å². The molecule has 0 unspecified atom stereocenters. The summed E-state index contributed by atoms with van der Waals surface area (Å²) in [6.07, 6.45) is 4.39. The maximum Gasteiger partial charge on any atom is 0.339 e. The number of phenols is 1. The second-order valence-corrected chi connectivity index (χ2v) is 5.29. The Kier molecular flexibility index (Phi) is 4.48. The molecule has 0 spiro atoms. The number of rotatable bonds is 5. The first kappa shape index (κ1) is 14.6. The van der Waals surface area contributed by atoms with Crippen LogP contribution in [0.5, 0.6) is 5.75 Å². The zero-order valence-electron chi connectivity index (χ0n) is 12.5. The summed E-state index contributed by atoms with van der Waals surface area (Å²) in [6, 6.07) is 3.54. The van der Waals surface area contributed by atoms with E-state index in [-0.39, 0.29) is 11.4 Å². The molecule has 1 aromatic heterocycles. The highest BCUT2D eigenvalue weighted by Crippen LogP contribution is 2.30. The van der Waals surface area contributed by atoms with Crippen molar-refractivity contribution in [3.05, 3.63) is 39.2 Å². The second-order valence-electron chi connectivity index (χ2n) is 5.29. The van der Waals surface area contributed by atoms with Crippen molar-refractivity contribution in [2.75, 3.05) is 0 Å². The molecule has 1 heterocycles. The van der Waals surface area contributed by atoms with Crippen molar-refractivity contribution in [3.63, 3.8) is 0 Å². The van der Waals surface area contributed by atoms with Gasteiger partial charge in [-0.3, -0.25) is 0 Å². The van der Waals surface area contributed by atoms with E-state index in [0.29, 0.717) is 12.0 Å². The van der Waals surface area contributed by atoms with Gasteiger partial charge < -0.3 is 9.52 Å². The van der Waals surface area contributed by atoms with E-state index < -0.39 is 0 Å². The molecule has 0 fully saturated rings. The van der Waals surface area contributed by atoms with E-state index in [1.54, 1.807) is 6.07 Å². The van der Waals surface area contributed by atoms with Gasteiger partial charge in [-0.1, -0.05) is 26.7 Å². The lowest BCUT2D eigenvalue weighted by molar-refractivity contribution is 0.463. The Morgan fingerprint density at radius 1 is 1.10 bits per heavy atom. The van der Waals surface area contributed by atoms with E-state index in [1.165, 1.54) is 0 Å². The molecule has 0 saturated carbocycles. The van der Waals surface area contributed by atoms with Gasteiger partial charge >= 0.3 is 5.63 Å². The fourth-order valence-electron chi connectivity index (χ4n) is 2.63. The van der Waals surface area contributed by atoms with E-state index in [2.05, 4.69) is 6.92 Å². The summed E-state index contributed by atoms with van der Waals surface area (Å²) in [7, 11) is 0. The number of phenolic OH excluding ortho intramolecular Hbond substituents is 1. The van der Waals surface area contributed by atoms with Crippen LogP contribution in [-0.4, -0.2) is 5.11 Å². The minimum absolute atomic E-state index is 0.211. The first-order chi connectivity index (χ1) is 9.60. The minimum Gasteiger partial charge on any atom is -0.508 e. The molecular formula is C17H22O3. The first-order valence-corrected chi connectivity index (χ1v) is 7.37. The Morgan fingerprint density at radius 3 is 2.50 bits per heavy atom. The molecule has 0 radical (unpaired) electrons. The molecule has 3 heteroatoms. The molecule has 1 N–H and O–H groups in total. The van der Waals surface area contributed by atoms with Crippen LogP contribution >= 0.6 is 0 Å². The van der Waals surface area contributed by atoms with Crippen LogP contribution in [0.3, 0.4) is 0 Å². The van der Waals surface area contributed by atoms with Crippen molar-refractivity contribution >= 4 is 11.0 Å². The molecule has 0 saturated heterocycles. The van der Waals surface area contributed by atoms with Gasteiger partial charge in [0.1, 0.15) is 11.3 Å². The monoisotopic (exact) mass is 274 g/mol. The molecule has 0 bridgehead atoms. The van der Waals surface area contributed by atoms with Crippen molar-refractivity contribution < 1.29 is 9.52 Å². The SMILES string of the molecule is CCCCc1c(C)c2ccc(O)c(CCC)c2oc1=O. The Balaban J connectivity index is 2.69. The molecule has 20 heavy (non-hydrogen) atoms. The maximum absolute atomic E-state index is 12.2. The van der Waals surface area contributed by atoms with Crippen molar-refractivity contribution in [2.24, 2.45) is 0 Å². The lowest BCUT2D eigenvalue weighted by Gasteiger charge is -2.11. The zero-order valence-corrected chi connectivity index (χ0v) is 12.5. The fourth-order valence-corrected chi connectivity index (χ4v) is 2.63. The number of aromatic hydroxyl groups is 1. The third-order valence-electron chi connectivity index (χ3n) is 3.81. The standard InChI is InChI=1S/C17H22O3/c1-4-6-8-13-11(3)12-9-10-15(18)14(7-5-2)16(12)20-17(13)19/h9-10,18H,4-8H2,1-3H3. The van der Waals surface area contributed by atoms with Gasteiger partial charge in [0.2, 0.25) is 0 Å². The number of hydrogen-bond acceptors (Lipinski definition) is 3. The Hall–Kier alpha value is -1.77. The first-order valence-electron chi connectivity index (χ1n) is 7.37. The Bertz CT molecular complexity index is 668. The van der Waals surface area contributed by atoms with Gasteiger partial charge in [-0.15, -0.1) is 0 Å². The summed E-state index contributed by atoms with van der Waals surface area (Å²) in [5, 5.41) is 10.9. The highest BCUT2D eigenvalue weighted by atomic mass is 16.4. The van der Waals surface area contributed by atoms with Crippen LogP contribution in [0.4, 0.5) is 0 Å². The predicted octanol–water partition coefficient (Wildman–Crippen LogP) is 4.10. The minimum atomic E-state index is -0.258. The van der Waals surface area contributed by atoms with E-state index in [9.17, 15) is 9.90 Å². The van der Waals surface area contributed by atoms with E-state index in [0.717, 1.165) is 47.8 Å². The number of unbranched alkanes of at least 4 members (excludes halogenated alkanes) is 1. The van der Waals surface area contributed by atoms with Gasteiger partial charge in [0.05, 0.1) is 0 Å². The van der Waals surface area contributed by atoms with Gasteiger partial charge in [0.25, 0.3) is 0 Å². The highest BCUT2D eigenvalue weighted by Gasteiger charge is 2.15. The number of fused-ring (bicyclic) bond motifs is 1. The van der Waals surface area contributed by atoms with Crippen LogP contribution in [0.2, 0.25) is 0 Å². The third-order valence-corrected chi connectivity index (χ3v) is 3.81. The molecule has 108 valence electrons. The smallest absolute Gasteiger partial charge is 0.339 e. The normalized spacial score (nSPS) is 11.2. The summed E-state index contributed by atoms with van der Waals surface area (Å²) in [5.74, 6) is 0.211. The second kappa shape index (κ2) is 6.12. The van der Waals surface area contributed by atoms with Crippen LogP contribution < -0.4 is 5.63 Å². The summed E-state index contributed by atoms with van der Waals surface area (Å²) >= 11 is 0. The fraction of sp³-hybridized carbons (Fsp3) is 0.471. The molecule has 0 aliphatic carbocycles. The molecule has 0 aliphatic heterocycles. The summed E-state index contributed by atoms with van der Waals surface area (Å²) in [5.41, 5.74) is 2.79. The summed E-state index contributed by atoms with van der Waals surface area (Å²) in [4.78, 5) is 12.2.